The van der Waals surface area contributed by atoms with E-state index in [1.54, 1.807) is 12.1 Å². The first-order valence-corrected chi connectivity index (χ1v) is 10.1. The molecule has 6 nitrogen and oxygen atoms in total. The summed E-state index contributed by atoms with van der Waals surface area (Å²) >= 11 is 0. The van der Waals surface area contributed by atoms with Crippen LogP contribution in [0.15, 0.2) is 60.7 Å². The molecule has 6 heteroatoms. The number of alkyl carbamates (subject to hydrolysis) is 1. The van der Waals surface area contributed by atoms with E-state index in [-0.39, 0.29) is 12.7 Å². The minimum atomic E-state index is -0.894. The number of nitrogens with one attached hydrogen (secondary N) is 1. The van der Waals surface area contributed by atoms with E-state index in [1.165, 1.54) is 0 Å². The highest BCUT2D eigenvalue weighted by Gasteiger charge is 2.38. The Morgan fingerprint density at radius 3 is 2.28 bits per heavy atom. The number of esters is 1. The Bertz CT molecular complexity index is 819. The van der Waals surface area contributed by atoms with Gasteiger partial charge in [0.05, 0.1) is 0 Å². The molecular weight excluding hydrogens is 368 g/mol. The molecule has 0 spiro atoms. The molecule has 2 aromatic carbocycles. The van der Waals surface area contributed by atoms with Gasteiger partial charge in [-0.25, -0.2) is 9.59 Å². The zero-order valence-corrected chi connectivity index (χ0v) is 16.3. The lowest BCUT2D eigenvalue weighted by atomic mass is 9.86. The quantitative estimate of drug-likeness (QED) is 0.762. The van der Waals surface area contributed by atoms with Crippen molar-refractivity contribution in [2.24, 2.45) is 5.92 Å². The van der Waals surface area contributed by atoms with Gasteiger partial charge in [0.25, 0.3) is 0 Å². The molecule has 29 heavy (non-hydrogen) atoms. The molecule has 2 aromatic rings. The van der Waals surface area contributed by atoms with Crippen LogP contribution in [0.25, 0.3) is 0 Å². The van der Waals surface area contributed by atoms with Gasteiger partial charge in [0.2, 0.25) is 0 Å². The third-order valence-electron chi connectivity index (χ3n) is 5.71. The summed E-state index contributed by atoms with van der Waals surface area (Å²) in [5, 5.41) is 2.69. The molecule has 3 fully saturated rings. The Morgan fingerprint density at radius 1 is 1.00 bits per heavy atom. The van der Waals surface area contributed by atoms with E-state index in [1.807, 2.05) is 48.5 Å². The molecule has 0 radical (unpaired) electrons. The van der Waals surface area contributed by atoms with Gasteiger partial charge in [-0.05, 0) is 43.0 Å². The number of fused-ring (bicyclic) bond motifs is 3. The van der Waals surface area contributed by atoms with Crippen molar-refractivity contribution in [2.75, 3.05) is 19.6 Å². The normalized spacial score (nSPS) is 23.8. The van der Waals surface area contributed by atoms with Gasteiger partial charge in [0, 0.05) is 6.54 Å². The minimum absolute atomic E-state index is 0.113. The van der Waals surface area contributed by atoms with E-state index in [4.69, 9.17) is 9.47 Å². The van der Waals surface area contributed by atoms with Gasteiger partial charge in [-0.1, -0.05) is 60.7 Å². The van der Waals surface area contributed by atoms with E-state index >= 15 is 0 Å². The molecule has 0 saturated carbocycles. The summed E-state index contributed by atoms with van der Waals surface area (Å²) in [6, 6.07) is 17.7. The van der Waals surface area contributed by atoms with E-state index in [0.29, 0.717) is 11.5 Å². The monoisotopic (exact) mass is 394 g/mol. The lowest BCUT2D eigenvalue weighted by Crippen LogP contribution is -2.52. The minimum Gasteiger partial charge on any atom is -0.459 e. The number of hydrogen-bond acceptors (Lipinski definition) is 5. The van der Waals surface area contributed by atoms with E-state index in [9.17, 15) is 9.59 Å². The fourth-order valence-electron chi connectivity index (χ4n) is 4.07. The van der Waals surface area contributed by atoms with Crippen molar-refractivity contribution < 1.29 is 19.1 Å². The maximum absolute atomic E-state index is 13.0. The maximum Gasteiger partial charge on any atom is 0.408 e. The number of hydrogen-bond donors (Lipinski definition) is 1. The zero-order valence-electron chi connectivity index (χ0n) is 16.3. The molecule has 1 amide bonds. The maximum atomic E-state index is 13.0. The Balaban J connectivity index is 1.41. The largest absolute Gasteiger partial charge is 0.459 e. The second-order valence-corrected chi connectivity index (χ2v) is 7.66. The van der Waals surface area contributed by atoms with Crippen molar-refractivity contribution in [3.8, 4) is 0 Å². The number of carbonyl (C=O) groups is 2. The summed E-state index contributed by atoms with van der Waals surface area (Å²) in [5.74, 6) is -0.0305. The molecule has 3 aliphatic heterocycles. The summed E-state index contributed by atoms with van der Waals surface area (Å²) in [6.45, 7) is 3.06. The van der Waals surface area contributed by atoms with Crippen molar-refractivity contribution in [1.29, 1.82) is 0 Å². The van der Waals surface area contributed by atoms with E-state index < -0.39 is 18.1 Å². The van der Waals surface area contributed by atoms with Crippen LogP contribution in [0.5, 0.6) is 0 Å². The number of piperidine rings is 3. The molecule has 3 saturated heterocycles. The summed E-state index contributed by atoms with van der Waals surface area (Å²) < 4.78 is 11.2. The lowest BCUT2D eigenvalue weighted by Gasteiger charge is -2.44. The Labute approximate surface area is 170 Å². The Kier molecular flexibility index (Phi) is 6.10. The molecule has 2 bridgehead atoms. The Hall–Kier alpha value is -2.86. The fraction of sp³-hybridized carbons (Fsp3) is 0.391. The lowest BCUT2D eigenvalue weighted by molar-refractivity contribution is -0.161. The summed E-state index contributed by atoms with van der Waals surface area (Å²) in [4.78, 5) is 27.7. The smallest absolute Gasteiger partial charge is 0.408 e. The van der Waals surface area contributed by atoms with Crippen LogP contribution in [0.4, 0.5) is 4.79 Å². The number of benzene rings is 2. The number of ether oxygens (including phenoxy) is 2. The SMILES string of the molecule is O=C(NC(C(=O)OC1CN2CCC1CC2)c1ccccc1)OCc1ccccc1. The van der Waals surface area contributed by atoms with E-state index in [0.717, 1.165) is 38.0 Å². The van der Waals surface area contributed by atoms with Crippen LogP contribution in [0, 0.1) is 5.92 Å². The van der Waals surface area contributed by atoms with Crippen LogP contribution in [0.2, 0.25) is 0 Å². The summed E-state index contributed by atoms with van der Waals surface area (Å²) in [7, 11) is 0. The molecule has 152 valence electrons. The van der Waals surface area contributed by atoms with Gasteiger partial charge in [-0.2, -0.15) is 0 Å². The molecule has 3 heterocycles. The average molecular weight is 394 g/mol. The number of nitrogens with zero attached hydrogens (tertiary/aromatic N) is 1. The van der Waals surface area contributed by atoms with Gasteiger partial charge in [0.15, 0.2) is 6.04 Å². The fourth-order valence-corrected chi connectivity index (χ4v) is 4.07. The number of carbonyl (C=O) groups excluding carboxylic acids is 2. The molecule has 0 aromatic heterocycles. The predicted octanol–water partition coefficient (Wildman–Crippen LogP) is 3.29. The standard InChI is InChI=1S/C23H26N2O4/c26-22(29-20-15-25-13-11-18(20)12-14-25)21(19-9-5-2-6-10-19)24-23(27)28-16-17-7-3-1-4-8-17/h1-10,18,20-21H,11-16H2,(H,24,27). The van der Waals surface area contributed by atoms with Crippen LogP contribution >= 0.6 is 0 Å². The van der Waals surface area contributed by atoms with Crippen molar-refractivity contribution in [3.63, 3.8) is 0 Å². The zero-order chi connectivity index (χ0) is 20.1. The topological polar surface area (TPSA) is 67.9 Å². The van der Waals surface area contributed by atoms with Crippen molar-refractivity contribution in [3.05, 3.63) is 71.8 Å². The van der Waals surface area contributed by atoms with Crippen molar-refractivity contribution in [1.82, 2.24) is 10.2 Å². The number of rotatable bonds is 6. The first-order valence-electron chi connectivity index (χ1n) is 10.1. The van der Waals surface area contributed by atoms with E-state index in [2.05, 4.69) is 10.2 Å². The summed E-state index contributed by atoms with van der Waals surface area (Å²) in [5.41, 5.74) is 1.56. The number of amides is 1. The second-order valence-electron chi connectivity index (χ2n) is 7.66. The molecule has 2 atom stereocenters. The molecule has 0 aliphatic carbocycles. The first-order chi connectivity index (χ1) is 14.2. The van der Waals surface area contributed by atoms with Gasteiger partial charge in [-0.3, -0.25) is 4.90 Å². The highest BCUT2D eigenvalue weighted by Crippen LogP contribution is 2.30. The average Bonchev–Trinajstić information content (AvgIpc) is 2.78. The summed E-state index contributed by atoms with van der Waals surface area (Å²) in [6.07, 6.45) is 1.35. The molecule has 3 aliphatic rings. The van der Waals surface area contributed by atoms with Crippen LogP contribution in [-0.2, 0) is 20.9 Å². The van der Waals surface area contributed by atoms with Crippen LogP contribution in [-0.4, -0.2) is 42.7 Å². The van der Waals surface area contributed by atoms with Gasteiger partial charge >= 0.3 is 12.1 Å². The van der Waals surface area contributed by atoms with Crippen molar-refractivity contribution >= 4 is 12.1 Å². The Morgan fingerprint density at radius 2 is 1.66 bits per heavy atom. The highest BCUT2D eigenvalue weighted by molar-refractivity contribution is 5.83. The first kappa shape index (κ1) is 19.5. The van der Waals surface area contributed by atoms with Gasteiger partial charge in [0.1, 0.15) is 12.7 Å². The highest BCUT2D eigenvalue weighted by atomic mass is 16.6. The van der Waals surface area contributed by atoms with Crippen molar-refractivity contribution in [2.45, 2.75) is 31.6 Å². The van der Waals surface area contributed by atoms with Crippen LogP contribution in [0.3, 0.4) is 0 Å². The van der Waals surface area contributed by atoms with Crippen LogP contribution in [0.1, 0.15) is 30.0 Å². The van der Waals surface area contributed by atoms with Gasteiger partial charge in [-0.15, -0.1) is 0 Å². The molecule has 1 N–H and O–H groups in total. The van der Waals surface area contributed by atoms with Crippen LogP contribution < -0.4 is 5.32 Å². The molecule has 2 unspecified atom stereocenters. The third-order valence-corrected chi connectivity index (χ3v) is 5.71. The molecule has 5 rings (SSSR count). The predicted molar refractivity (Wildman–Crippen MR) is 108 cm³/mol. The second kappa shape index (κ2) is 9.09. The van der Waals surface area contributed by atoms with Gasteiger partial charge < -0.3 is 14.8 Å². The molecular formula is C23H26N2O4. The third kappa shape index (κ3) is 4.95.